The number of hydrogen-bond donors (Lipinski definition) is 3. The van der Waals surface area contributed by atoms with Crippen LogP contribution in [0.5, 0.6) is 0 Å². The smallest absolute Gasteiger partial charge is 0.313 e. The number of nitriles is 1. The maximum atomic E-state index is 12.3. The van der Waals surface area contributed by atoms with Gasteiger partial charge in [-0.15, -0.1) is 11.3 Å². The van der Waals surface area contributed by atoms with E-state index < -0.39 is 17.9 Å². The van der Waals surface area contributed by atoms with Crippen molar-refractivity contribution in [2.24, 2.45) is 0 Å². The molecule has 28 heavy (non-hydrogen) atoms. The molecule has 0 saturated heterocycles. The third-order valence-electron chi connectivity index (χ3n) is 5.21. The summed E-state index contributed by atoms with van der Waals surface area (Å²) in [5.74, 6) is -1.50. The van der Waals surface area contributed by atoms with Gasteiger partial charge in [-0.3, -0.25) is 9.59 Å². The predicted molar refractivity (Wildman–Crippen MR) is 108 cm³/mol. The molecule has 7 heteroatoms. The van der Waals surface area contributed by atoms with Gasteiger partial charge in [0.05, 0.1) is 17.4 Å². The molecule has 2 amide bonds. The van der Waals surface area contributed by atoms with Crippen LogP contribution in [0.25, 0.3) is 0 Å². The topological polar surface area (TPSA) is 102 Å². The number of hydrogen-bond acceptors (Lipinski definition) is 5. The molecule has 2 aromatic rings. The molecule has 1 aromatic heterocycles. The Morgan fingerprint density at radius 3 is 2.57 bits per heavy atom. The maximum absolute atomic E-state index is 12.3. The van der Waals surface area contributed by atoms with Crippen molar-refractivity contribution in [1.82, 2.24) is 5.32 Å². The quantitative estimate of drug-likeness (QED) is 0.674. The third-order valence-corrected chi connectivity index (χ3v) is 6.71. The SMILES string of the molecule is CC(O)c1ccc(C2(CNC(=O)C(=O)Nc3ccccc3C#N)CCCC2)s1. The number of carbonyl (C=O) groups is 2. The molecule has 1 atom stereocenters. The van der Waals surface area contributed by atoms with Crippen LogP contribution in [0.3, 0.4) is 0 Å². The molecular weight excluding hydrogens is 374 g/mol. The Labute approximate surface area is 168 Å². The van der Waals surface area contributed by atoms with Crippen LogP contribution in [-0.4, -0.2) is 23.5 Å². The zero-order chi connectivity index (χ0) is 20.1. The van der Waals surface area contributed by atoms with Gasteiger partial charge >= 0.3 is 11.8 Å². The highest BCUT2D eigenvalue weighted by Gasteiger charge is 2.37. The fourth-order valence-corrected chi connectivity index (χ4v) is 4.81. The number of anilines is 1. The molecule has 0 spiro atoms. The van der Waals surface area contributed by atoms with E-state index in [1.807, 2.05) is 18.2 Å². The van der Waals surface area contributed by atoms with Gasteiger partial charge in [0.25, 0.3) is 0 Å². The van der Waals surface area contributed by atoms with Gasteiger partial charge in [0, 0.05) is 21.7 Å². The molecule has 0 aliphatic heterocycles. The average molecular weight is 398 g/mol. The number of nitrogens with zero attached hydrogens (tertiary/aromatic N) is 1. The molecule has 1 aliphatic carbocycles. The maximum Gasteiger partial charge on any atom is 0.313 e. The van der Waals surface area contributed by atoms with Crippen molar-refractivity contribution in [3.05, 3.63) is 51.7 Å². The van der Waals surface area contributed by atoms with E-state index in [2.05, 4.69) is 10.6 Å². The van der Waals surface area contributed by atoms with E-state index in [0.29, 0.717) is 17.8 Å². The number of aliphatic hydroxyl groups excluding tert-OH is 1. The number of thiophene rings is 1. The highest BCUT2D eigenvalue weighted by molar-refractivity contribution is 7.12. The van der Waals surface area contributed by atoms with Crippen LogP contribution in [0.4, 0.5) is 5.69 Å². The van der Waals surface area contributed by atoms with Gasteiger partial charge in [-0.1, -0.05) is 25.0 Å². The first-order chi connectivity index (χ1) is 13.4. The third kappa shape index (κ3) is 4.24. The van der Waals surface area contributed by atoms with Crippen molar-refractivity contribution in [1.29, 1.82) is 5.26 Å². The molecule has 1 aromatic carbocycles. The van der Waals surface area contributed by atoms with Crippen molar-refractivity contribution >= 4 is 28.8 Å². The lowest BCUT2D eigenvalue weighted by molar-refractivity contribution is -0.136. The van der Waals surface area contributed by atoms with Crippen LogP contribution < -0.4 is 10.6 Å². The molecule has 0 radical (unpaired) electrons. The Hall–Kier alpha value is -2.69. The van der Waals surface area contributed by atoms with Crippen LogP contribution in [0.15, 0.2) is 36.4 Å². The fourth-order valence-electron chi connectivity index (χ4n) is 3.62. The Morgan fingerprint density at radius 1 is 1.21 bits per heavy atom. The Bertz CT molecular complexity index is 908. The second kappa shape index (κ2) is 8.55. The summed E-state index contributed by atoms with van der Waals surface area (Å²) in [6, 6.07) is 12.5. The van der Waals surface area contributed by atoms with Gasteiger partial charge in [-0.25, -0.2) is 0 Å². The largest absolute Gasteiger partial charge is 0.388 e. The molecule has 1 unspecified atom stereocenters. The van der Waals surface area contributed by atoms with Crippen LogP contribution in [-0.2, 0) is 15.0 Å². The highest BCUT2D eigenvalue weighted by atomic mass is 32.1. The van der Waals surface area contributed by atoms with E-state index >= 15 is 0 Å². The molecule has 1 aliphatic rings. The number of para-hydroxylation sites is 1. The van der Waals surface area contributed by atoms with Gasteiger partial charge in [0.2, 0.25) is 0 Å². The number of aliphatic hydroxyl groups is 1. The van der Waals surface area contributed by atoms with Crippen LogP contribution in [0.2, 0.25) is 0 Å². The summed E-state index contributed by atoms with van der Waals surface area (Å²) in [6.07, 6.45) is 3.49. The summed E-state index contributed by atoms with van der Waals surface area (Å²) in [6.45, 7) is 2.11. The van der Waals surface area contributed by atoms with Crippen LogP contribution in [0.1, 0.15) is 54.0 Å². The van der Waals surface area contributed by atoms with Crippen molar-refractivity contribution in [3.63, 3.8) is 0 Å². The second-order valence-corrected chi connectivity index (χ2v) is 8.27. The number of amides is 2. The molecule has 1 saturated carbocycles. The van der Waals surface area contributed by atoms with Gasteiger partial charge in [0.1, 0.15) is 6.07 Å². The molecule has 3 rings (SSSR count). The summed E-state index contributed by atoms with van der Waals surface area (Å²) < 4.78 is 0. The molecule has 1 fully saturated rings. The molecule has 146 valence electrons. The first kappa shape index (κ1) is 20.1. The summed E-state index contributed by atoms with van der Waals surface area (Å²) in [5, 5.41) is 24.2. The molecular formula is C21H23N3O3S. The first-order valence-corrected chi connectivity index (χ1v) is 10.1. The first-order valence-electron chi connectivity index (χ1n) is 9.32. The minimum Gasteiger partial charge on any atom is -0.388 e. The molecule has 6 nitrogen and oxygen atoms in total. The van der Waals surface area contributed by atoms with Crippen molar-refractivity contribution in [2.45, 2.75) is 44.1 Å². The summed E-state index contributed by atoms with van der Waals surface area (Å²) in [4.78, 5) is 26.6. The Kier molecular flexibility index (Phi) is 6.12. The summed E-state index contributed by atoms with van der Waals surface area (Å²) in [5.41, 5.74) is 0.430. The lowest BCUT2D eigenvalue weighted by Gasteiger charge is -2.28. The Morgan fingerprint density at radius 2 is 1.93 bits per heavy atom. The number of carbonyl (C=O) groups excluding carboxylic acids is 2. The van der Waals surface area contributed by atoms with E-state index in [1.54, 1.807) is 42.5 Å². The minimum atomic E-state index is -0.785. The number of nitrogens with one attached hydrogen (secondary N) is 2. The number of rotatable bonds is 5. The normalized spacial score (nSPS) is 16.2. The van der Waals surface area contributed by atoms with Crippen molar-refractivity contribution < 1.29 is 14.7 Å². The van der Waals surface area contributed by atoms with Gasteiger partial charge < -0.3 is 15.7 Å². The van der Waals surface area contributed by atoms with Crippen molar-refractivity contribution in [3.8, 4) is 6.07 Å². The average Bonchev–Trinajstić information content (AvgIpc) is 3.37. The van der Waals surface area contributed by atoms with Crippen molar-refractivity contribution in [2.75, 3.05) is 11.9 Å². The minimum absolute atomic E-state index is 0.196. The monoisotopic (exact) mass is 397 g/mol. The van der Waals surface area contributed by atoms with E-state index in [4.69, 9.17) is 5.26 Å². The lowest BCUT2D eigenvalue weighted by atomic mass is 9.84. The standard InChI is InChI=1S/C21H23N3O3S/c1-14(25)17-8-9-18(28-17)21(10-4-5-11-21)13-23-19(26)20(27)24-16-7-3-2-6-15(16)12-22/h2-3,6-9,14,25H,4-5,10-11,13H2,1H3,(H,23,26)(H,24,27). The molecule has 0 bridgehead atoms. The lowest BCUT2D eigenvalue weighted by Crippen LogP contribution is -2.43. The summed E-state index contributed by atoms with van der Waals surface area (Å²) >= 11 is 1.57. The molecule has 3 N–H and O–H groups in total. The van der Waals surface area contributed by atoms with Gasteiger partial charge in [0.15, 0.2) is 0 Å². The molecule has 1 heterocycles. The van der Waals surface area contributed by atoms with E-state index in [0.717, 1.165) is 35.4 Å². The predicted octanol–water partition coefficient (Wildman–Crippen LogP) is 3.24. The highest BCUT2D eigenvalue weighted by Crippen LogP contribution is 2.44. The van der Waals surface area contributed by atoms with E-state index in [9.17, 15) is 14.7 Å². The fraction of sp³-hybridized carbons (Fsp3) is 0.381. The Balaban J connectivity index is 1.67. The zero-order valence-electron chi connectivity index (χ0n) is 15.7. The number of benzene rings is 1. The van der Waals surface area contributed by atoms with E-state index in [-0.39, 0.29) is 5.41 Å². The van der Waals surface area contributed by atoms with E-state index in [1.165, 1.54) is 0 Å². The van der Waals surface area contributed by atoms with Gasteiger partial charge in [-0.2, -0.15) is 5.26 Å². The van der Waals surface area contributed by atoms with Gasteiger partial charge in [-0.05, 0) is 44.0 Å². The summed E-state index contributed by atoms with van der Waals surface area (Å²) in [7, 11) is 0. The zero-order valence-corrected chi connectivity index (χ0v) is 16.5. The van der Waals surface area contributed by atoms with Crippen LogP contribution in [0, 0.1) is 11.3 Å². The van der Waals surface area contributed by atoms with Crippen LogP contribution >= 0.6 is 11.3 Å². The second-order valence-electron chi connectivity index (χ2n) is 7.16.